The number of unbranched alkanes of at least 4 members (excludes halogenated alkanes) is 3. The van der Waals surface area contributed by atoms with E-state index in [4.69, 9.17) is 14.2 Å². The third kappa shape index (κ3) is 5.91. The largest absolute Gasteiger partial charge is 0.497 e. The van der Waals surface area contributed by atoms with Crippen LogP contribution in [-0.4, -0.2) is 35.4 Å². The SMILES string of the molecule is CCCCCCOc1ccc(/C=c2/sc3nc(=O)c(Cc4ccc(OC)cc4)nn3c2=O)cc1OC. The topological polar surface area (TPSA) is 92.0 Å². The van der Waals surface area contributed by atoms with Crippen LogP contribution in [0.3, 0.4) is 0 Å². The van der Waals surface area contributed by atoms with Crippen LogP contribution >= 0.6 is 11.3 Å². The molecule has 4 aromatic rings. The molecule has 0 unspecified atom stereocenters. The van der Waals surface area contributed by atoms with E-state index in [0.29, 0.717) is 22.6 Å². The Balaban J connectivity index is 1.59. The minimum absolute atomic E-state index is 0.209. The van der Waals surface area contributed by atoms with Crippen LogP contribution in [0.2, 0.25) is 0 Å². The number of aromatic nitrogens is 3. The third-order valence-electron chi connectivity index (χ3n) is 5.72. The number of hydrogen-bond acceptors (Lipinski definition) is 8. The van der Waals surface area contributed by atoms with Gasteiger partial charge in [0.25, 0.3) is 11.1 Å². The lowest BCUT2D eigenvalue weighted by molar-refractivity contribution is 0.285. The van der Waals surface area contributed by atoms with E-state index in [1.165, 1.54) is 17.4 Å². The molecule has 2 aromatic carbocycles. The second-order valence-corrected chi connectivity index (χ2v) is 9.33. The summed E-state index contributed by atoms with van der Waals surface area (Å²) in [6, 6.07) is 12.9. The maximum atomic E-state index is 13.0. The number of thiazole rings is 1. The zero-order valence-electron chi connectivity index (χ0n) is 20.7. The molecule has 0 saturated carbocycles. The normalized spacial score (nSPS) is 11.7. The number of fused-ring (bicyclic) bond motifs is 1. The first-order chi connectivity index (χ1) is 17.5. The fraction of sp³-hybridized carbons (Fsp3) is 0.333. The Morgan fingerprint density at radius 2 is 1.78 bits per heavy atom. The Bertz CT molecular complexity index is 1500. The van der Waals surface area contributed by atoms with E-state index >= 15 is 0 Å². The van der Waals surface area contributed by atoms with Crippen molar-refractivity contribution in [2.45, 2.75) is 39.0 Å². The molecule has 0 aliphatic rings. The molecule has 9 heteroatoms. The molecule has 0 aliphatic carbocycles. The smallest absolute Gasteiger partial charge is 0.296 e. The number of rotatable bonds is 11. The number of methoxy groups -OCH3 is 2. The molecule has 36 heavy (non-hydrogen) atoms. The molecule has 0 N–H and O–H groups in total. The van der Waals surface area contributed by atoms with Crippen molar-refractivity contribution in [1.29, 1.82) is 0 Å². The average molecular weight is 508 g/mol. The van der Waals surface area contributed by atoms with E-state index in [1.54, 1.807) is 20.3 Å². The van der Waals surface area contributed by atoms with Gasteiger partial charge in [0.1, 0.15) is 11.4 Å². The number of nitrogens with zero attached hydrogens (tertiary/aromatic N) is 3. The predicted octanol–water partition coefficient (Wildman–Crippen LogP) is 3.63. The summed E-state index contributed by atoms with van der Waals surface area (Å²) in [6.07, 6.45) is 6.51. The van der Waals surface area contributed by atoms with Gasteiger partial charge in [-0.2, -0.15) is 14.6 Å². The second kappa shape index (κ2) is 11.8. The van der Waals surface area contributed by atoms with Crippen molar-refractivity contribution in [2.75, 3.05) is 20.8 Å². The van der Waals surface area contributed by atoms with Crippen molar-refractivity contribution in [3.63, 3.8) is 0 Å². The van der Waals surface area contributed by atoms with Crippen LogP contribution in [0.25, 0.3) is 11.0 Å². The van der Waals surface area contributed by atoms with E-state index in [0.717, 1.165) is 41.1 Å². The summed E-state index contributed by atoms with van der Waals surface area (Å²) < 4.78 is 18.2. The van der Waals surface area contributed by atoms with Gasteiger partial charge in [0, 0.05) is 6.42 Å². The highest BCUT2D eigenvalue weighted by molar-refractivity contribution is 7.15. The first kappa shape index (κ1) is 25.4. The van der Waals surface area contributed by atoms with Crippen LogP contribution in [0.15, 0.2) is 52.1 Å². The maximum absolute atomic E-state index is 13.0. The highest BCUT2D eigenvalue weighted by Gasteiger charge is 2.12. The fourth-order valence-corrected chi connectivity index (χ4v) is 4.65. The monoisotopic (exact) mass is 507 g/mol. The van der Waals surface area contributed by atoms with Gasteiger partial charge >= 0.3 is 0 Å². The molecule has 4 rings (SSSR count). The van der Waals surface area contributed by atoms with Gasteiger partial charge in [0.05, 0.1) is 25.4 Å². The van der Waals surface area contributed by atoms with E-state index in [1.807, 2.05) is 42.5 Å². The molecule has 0 aliphatic heterocycles. The molecule has 0 amide bonds. The summed E-state index contributed by atoms with van der Waals surface area (Å²) >= 11 is 1.12. The molecule has 0 bridgehead atoms. The molecular formula is C27H29N3O5S. The summed E-state index contributed by atoms with van der Waals surface area (Å²) in [5.74, 6) is 1.99. The summed E-state index contributed by atoms with van der Waals surface area (Å²) in [5.41, 5.74) is 1.09. The van der Waals surface area contributed by atoms with E-state index in [-0.39, 0.29) is 22.6 Å². The summed E-state index contributed by atoms with van der Waals surface area (Å²) in [7, 11) is 3.18. The van der Waals surface area contributed by atoms with Crippen molar-refractivity contribution in [2.24, 2.45) is 0 Å². The van der Waals surface area contributed by atoms with Crippen LogP contribution in [0.4, 0.5) is 0 Å². The van der Waals surface area contributed by atoms with Gasteiger partial charge in [-0.15, -0.1) is 0 Å². The zero-order chi connectivity index (χ0) is 25.5. The fourth-order valence-electron chi connectivity index (χ4n) is 3.74. The highest BCUT2D eigenvalue weighted by atomic mass is 32.1. The van der Waals surface area contributed by atoms with Crippen LogP contribution < -0.4 is 29.9 Å². The standard InChI is InChI=1S/C27H29N3O5S/c1-4-5-6-7-14-35-22-13-10-19(16-23(22)34-3)17-24-26(32)30-27(36-24)28-25(31)21(29-30)15-18-8-11-20(33-2)12-9-18/h8-13,16-17H,4-7,14-15H2,1-3H3/b24-17+. The first-order valence-electron chi connectivity index (χ1n) is 11.9. The molecule has 0 fully saturated rings. The van der Waals surface area contributed by atoms with Crippen molar-refractivity contribution in [3.8, 4) is 17.2 Å². The van der Waals surface area contributed by atoms with E-state index in [9.17, 15) is 9.59 Å². The number of hydrogen-bond donors (Lipinski definition) is 0. The minimum Gasteiger partial charge on any atom is -0.497 e. The Kier molecular flexibility index (Phi) is 8.32. The molecule has 0 atom stereocenters. The van der Waals surface area contributed by atoms with Crippen LogP contribution in [0.1, 0.15) is 49.4 Å². The predicted molar refractivity (Wildman–Crippen MR) is 141 cm³/mol. The van der Waals surface area contributed by atoms with Gasteiger partial charge in [-0.05, 0) is 47.9 Å². The van der Waals surface area contributed by atoms with E-state index in [2.05, 4.69) is 17.0 Å². The van der Waals surface area contributed by atoms with Gasteiger partial charge in [-0.3, -0.25) is 9.59 Å². The van der Waals surface area contributed by atoms with Crippen molar-refractivity contribution in [1.82, 2.24) is 14.6 Å². The molecule has 2 heterocycles. The lowest BCUT2D eigenvalue weighted by atomic mass is 10.1. The number of benzene rings is 2. The molecule has 0 spiro atoms. The Labute approximate surface area is 212 Å². The molecule has 0 saturated heterocycles. The molecule has 8 nitrogen and oxygen atoms in total. The maximum Gasteiger partial charge on any atom is 0.296 e. The zero-order valence-corrected chi connectivity index (χ0v) is 21.5. The lowest BCUT2D eigenvalue weighted by Crippen LogP contribution is -2.28. The third-order valence-corrected chi connectivity index (χ3v) is 6.68. The lowest BCUT2D eigenvalue weighted by Gasteiger charge is -2.11. The highest BCUT2D eigenvalue weighted by Crippen LogP contribution is 2.28. The van der Waals surface area contributed by atoms with Gasteiger partial charge in [-0.25, -0.2) is 0 Å². The quantitative estimate of drug-likeness (QED) is 0.286. The molecule has 2 aromatic heterocycles. The molecule has 188 valence electrons. The minimum atomic E-state index is -0.444. The Morgan fingerprint density at radius 3 is 2.50 bits per heavy atom. The summed E-state index contributed by atoms with van der Waals surface area (Å²) in [5, 5.41) is 4.32. The Hall–Kier alpha value is -3.72. The van der Waals surface area contributed by atoms with Gasteiger partial charge < -0.3 is 14.2 Å². The molecule has 0 radical (unpaired) electrons. The summed E-state index contributed by atoms with van der Waals surface area (Å²) in [4.78, 5) is 30.0. The average Bonchev–Trinajstić information content (AvgIpc) is 3.18. The Morgan fingerprint density at radius 1 is 0.972 bits per heavy atom. The number of ether oxygens (including phenoxy) is 3. The van der Waals surface area contributed by atoms with Crippen molar-refractivity contribution >= 4 is 22.4 Å². The van der Waals surface area contributed by atoms with Crippen LogP contribution in [0.5, 0.6) is 17.2 Å². The van der Waals surface area contributed by atoms with E-state index < -0.39 is 5.56 Å². The second-order valence-electron chi connectivity index (χ2n) is 8.32. The summed E-state index contributed by atoms with van der Waals surface area (Å²) in [6.45, 7) is 2.81. The first-order valence-corrected chi connectivity index (χ1v) is 12.7. The van der Waals surface area contributed by atoms with Crippen molar-refractivity contribution < 1.29 is 14.2 Å². The van der Waals surface area contributed by atoms with Gasteiger partial charge in [0.2, 0.25) is 4.96 Å². The molecular weight excluding hydrogens is 478 g/mol. The van der Waals surface area contributed by atoms with Gasteiger partial charge in [0.15, 0.2) is 11.5 Å². The van der Waals surface area contributed by atoms with Crippen LogP contribution in [0, 0.1) is 0 Å². The van der Waals surface area contributed by atoms with Gasteiger partial charge in [-0.1, -0.05) is 55.7 Å². The van der Waals surface area contributed by atoms with Crippen LogP contribution in [-0.2, 0) is 6.42 Å². The van der Waals surface area contributed by atoms with Crippen molar-refractivity contribution in [3.05, 3.63) is 84.5 Å².